The predicted molar refractivity (Wildman–Crippen MR) is 88.2 cm³/mol. The number of thioether (sulfide) groups is 1. The number of carbonyl (C=O) groups is 1. The number of carbonyl (C=O) groups excluding carboxylic acids is 1. The zero-order valence-corrected chi connectivity index (χ0v) is 13.5. The lowest BCUT2D eigenvalue weighted by Crippen LogP contribution is -2.14. The number of halogens is 1. The van der Waals surface area contributed by atoms with Crippen LogP contribution in [0, 0.1) is 0 Å². The van der Waals surface area contributed by atoms with Crippen molar-refractivity contribution in [2.75, 3.05) is 5.75 Å². The Balaban J connectivity index is 1.97. The van der Waals surface area contributed by atoms with Gasteiger partial charge in [-0.25, -0.2) is 0 Å². The predicted octanol–water partition coefficient (Wildman–Crippen LogP) is 2.82. The van der Waals surface area contributed by atoms with Gasteiger partial charge in [0.1, 0.15) is 5.76 Å². The smallest absolute Gasteiger partial charge is 0.227 e. The van der Waals surface area contributed by atoms with E-state index in [9.17, 15) is 4.79 Å². The third-order valence-electron chi connectivity index (χ3n) is 3.06. The normalized spacial score (nSPS) is 10.8. The quantitative estimate of drug-likeness (QED) is 0.692. The molecule has 118 valence electrons. The van der Waals surface area contributed by atoms with Crippen molar-refractivity contribution in [3.05, 3.63) is 53.4 Å². The minimum Gasteiger partial charge on any atom is -0.467 e. The number of hydrogen-bond donors (Lipinski definition) is 1. The molecule has 2 aromatic heterocycles. The molecular weight excluding hydrogens is 336 g/mol. The summed E-state index contributed by atoms with van der Waals surface area (Å²) in [5.74, 6) is 1.17. The molecule has 0 radical (unpaired) electrons. The van der Waals surface area contributed by atoms with Crippen molar-refractivity contribution in [1.82, 2.24) is 14.8 Å². The molecule has 0 fully saturated rings. The van der Waals surface area contributed by atoms with E-state index in [2.05, 4.69) is 10.2 Å². The molecular formula is C15H13ClN4O2S. The highest BCUT2D eigenvalue weighted by Gasteiger charge is 2.16. The van der Waals surface area contributed by atoms with E-state index >= 15 is 0 Å². The third-order valence-corrected chi connectivity index (χ3v) is 4.30. The first-order valence-electron chi connectivity index (χ1n) is 6.76. The highest BCUT2D eigenvalue weighted by atomic mass is 35.5. The maximum atomic E-state index is 11.0. The van der Waals surface area contributed by atoms with Crippen molar-refractivity contribution in [2.24, 2.45) is 5.73 Å². The Morgan fingerprint density at radius 2 is 2.04 bits per heavy atom. The first kappa shape index (κ1) is 15.6. The minimum absolute atomic E-state index is 0.136. The third kappa shape index (κ3) is 3.75. The highest BCUT2D eigenvalue weighted by molar-refractivity contribution is 7.99. The molecule has 2 heterocycles. The zero-order valence-electron chi connectivity index (χ0n) is 12.0. The summed E-state index contributed by atoms with van der Waals surface area (Å²) in [5.41, 5.74) is 6.09. The Morgan fingerprint density at radius 1 is 1.26 bits per heavy atom. The van der Waals surface area contributed by atoms with Gasteiger partial charge in [0.25, 0.3) is 0 Å². The van der Waals surface area contributed by atoms with E-state index in [1.807, 2.05) is 28.8 Å². The molecule has 0 bridgehead atoms. The number of aromatic nitrogens is 3. The highest BCUT2D eigenvalue weighted by Crippen LogP contribution is 2.26. The van der Waals surface area contributed by atoms with Crippen LogP contribution in [0.2, 0.25) is 5.02 Å². The van der Waals surface area contributed by atoms with E-state index < -0.39 is 5.91 Å². The summed E-state index contributed by atoms with van der Waals surface area (Å²) in [6.45, 7) is 0.457. The molecule has 3 rings (SSSR count). The summed E-state index contributed by atoms with van der Waals surface area (Å²) in [4.78, 5) is 11.0. The van der Waals surface area contributed by atoms with Crippen molar-refractivity contribution in [1.29, 1.82) is 0 Å². The molecule has 23 heavy (non-hydrogen) atoms. The molecule has 8 heteroatoms. The first-order valence-corrected chi connectivity index (χ1v) is 8.12. The van der Waals surface area contributed by atoms with Gasteiger partial charge in [-0.1, -0.05) is 23.4 Å². The standard InChI is InChI=1S/C15H13ClN4O2S/c16-11-5-3-10(4-6-11)14-18-19-15(23-9-13(17)21)20(14)8-12-2-1-7-22-12/h1-7H,8-9H2,(H2,17,21). The molecule has 1 aromatic carbocycles. The number of primary amides is 1. The first-order chi connectivity index (χ1) is 11.1. The number of benzene rings is 1. The van der Waals surface area contributed by atoms with Gasteiger partial charge >= 0.3 is 0 Å². The molecule has 1 amide bonds. The van der Waals surface area contributed by atoms with E-state index in [-0.39, 0.29) is 5.75 Å². The maximum absolute atomic E-state index is 11.0. The Kier molecular flexibility index (Phi) is 4.68. The van der Waals surface area contributed by atoms with Gasteiger partial charge in [-0.2, -0.15) is 0 Å². The fourth-order valence-electron chi connectivity index (χ4n) is 2.04. The second-order valence-electron chi connectivity index (χ2n) is 4.73. The van der Waals surface area contributed by atoms with E-state index in [1.54, 1.807) is 18.4 Å². The van der Waals surface area contributed by atoms with Gasteiger partial charge in [0.05, 0.1) is 18.6 Å². The lowest BCUT2D eigenvalue weighted by atomic mass is 10.2. The van der Waals surface area contributed by atoms with Crippen LogP contribution in [-0.4, -0.2) is 26.4 Å². The van der Waals surface area contributed by atoms with E-state index in [0.29, 0.717) is 22.5 Å². The molecule has 3 aromatic rings. The second-order valence-corrected chi connectivity index (χ2v) is 6.11. The van der Waals surface area contributed by atoms with Gasteiger partial charge in [-0.3, -0.25) is 9.36 Å². The van der Waals surface area contributed by atoms with Crippen LogP contribution in [0.5, 0.6) is 0 Å². The number of furan rings is 1. The summed E-state index contributed by atoms with van der Waals surface area (Å²) in [6, 6.07) is 11.0. The van der Waals surface area contributed by atoms with Crippen molar-refractivity contribution in [3.8, 4) is 11.4 Å². The Bertz CT molecular complexity index is 800. The van der Waals surface area contributed by atoms with E-state index in [1.165, 1.54) is 11.8 Å². The number of nitrogens with two attached hydrogens (primary N) is 1. The number of hydrogen-bond acceptors (Lipinski definition) is 5. The Labute approximate surface area is 141 Å². The largest absolute Gasteiger partial charge is 0.467 e. The van der Waals surface area contributed by atoms with Crippen molar-refractivity contribution >= 4 is 29.3 Å². The molecule has 6 nitrogen and oxygen atoms in total. The summed E-state index contributed by atoms with van der Waals surface area (Å²) in [7, 11) is 0. The van der Waals surface area contributed by atoms with Gasteiger partial charge in [0.15, 0.2) is 11.0 Å². The lowest BCUT2D eigenvalue weighted by Gasteiger charge is -2.08. The van der Waals surface area contributed by atoms with Crippen molar-refractivity contribution in [3.63, 3.8) is 0 Å². The fourth-order valence-corrected chi connectivity index (χ4v) is 2.85. The minimum atomic E-state index is -0.407. The van der Waals surface area contributed by atoms with Crippen molar-refractivity contribution < 1.29 is 9.21 Å². The van der Waals surface area contributed by atoms with Crippen LogP contribution in [0.15, 0.2) is 52.2 Å². The monoisotopic (exact) mass is 348 g/mol. The average Bonchev–Trinajstić information content (AvgIpc) is 3.17. The number of amides is 1. The molecule has 0 saturated heterocycles. The molecule has 0 saturated carbocycles. The molecule has 0 unspecified atom stereocenters. The summed E-state index contributed by atoms with van der Waals surface area (Å²) in [5, 5.41) is 9.64. The fraction of sp³-hybridized carbons (Fsp3) is 0.133. The van der Waals surface area contributed by atoms with Crippen LogP contribution >= 0.6 is 23.4 Å². The molecule has 2 N–H and O–H groups in total. The van der Waals surface area contributed by atoms with Crippen molar-refractivity contribution in [2.45, 2.75) is 11.7 Å². The van der Waals surface area contributed by atoms with Crippen LogP contribution in [0.3, 0.4) is 0 Å². The molecule has 0 aliphatic heterocycles. The van der Waals surface area contributed by atoms with Gasteiger partial charge in [-0.05, 0) is 36.4 Å². The Morgan fingerprint density at radius 3 is 2.70 bits per heavy atom. The van der Waals surface area contributed by atoms with Crippen LogP contribution in [0.25, 0.3) is 11.4 Å². The summed E-state index contributed by atoms with van der Waals surface area (Å²) < 4.78 is 7.28. The molecule has 0 aliphatic carbocycles. The van der Waals surface area contributed by atoms with Gasteiger partial charge in [0, 0.05) is 10.6 Å². The van der Waals surface area contributed by atoms with E-state index in [0.717, 1.165) is 11.3 Å². The maximum Gasteiger partial charge on any atom is 0.227 e. The number of rotatable bonds is 6. The summed E-state index contributed by atoms with van der Waals surface area (Å²) in [6.07, 6.45) is 1.61. The van der Waals surface area contributed by atoms with Gasteiger partial charge in [-0.15, -0.1) is 10.2 Å². The molecule has 0 spiro atoms. The number of nitrogens with zero attached hydrogens (tertiary/aromatic N) is 3. The van der Waals surface area contributed by atoms with Crippen LogP contribution in [0.1, 0.15) is 5.76 Å². The van der Waals surface area contributed by atoms with Gasteiger partial charge < -0.3 is 10.2 Å². The topological polar surface area (TPSA) is 86.9 Å². The van der Waals surface area contributed by atoms with Crippen LogP contribution < -0.4 is 5.73 Å². The SMILES string of the molecule is NC(=O)CSc1nnc(-c2ccc(Cl)cc2)n1Cc1ccco1. The molecule has 0 atom stereocenters. The summed E-state index contributed by atoms with van der Waals surface area (Å²) >= 11 is 7.17. The van der Waals surface area contributed by atoms with Crippen LogP contribution in [-0.2, 0) is 11.3 Å². The second kappa shape index (κ2) is 6.89. The average molecular weight is 349 g/mol. The van der Waals surface area contributed by atoms with E-state index in [4.69, 9.17) is 21.8 Å². The Hall–Kier alpha value is -2.25. The van der Waals surface area contributed by atoms with Crippen LogP contribution in [0.4, 0.5) is 0 Å². The molecule has 0 aliphatic rings. The zero-order chi connectivity index (χ0) is 16.2. The lowest BCUT2D eigenvalue weighted by molar-refractivity contribution is -0.115. The van der Waals surface area contributed by atoms with Gasteiger partial charge in [0.2, 0.25) is 5.91 Å².